The van der Waals surface area contributed by atoms with E-state index in [-0.39, 0.29) is 12.5 Å². The Morgan fingerprint density at radius 2 is 2.28 bits per heavy atom. The molecular weight excluding hydrogens is 298 g/mol. The van der Waals surface area contributed by atoms with Crippen LogP contribution in [0.15, 0.2) is 22.7 Å². The molecule has 1 fully saturated rings. The SMILES string of the molecule is NC(CC(=O)O)c1cc(Br)ccc1OC1CCC1. The van der Waals surface area contributed by atoms with E-state index in [0.29, 0.717) is 5.75 Å². The molecule has 1 atom stereocenters. The third-order valence-corrected chi connectivity index (χ3v) is 3.60. The molecule has 98 valence electrons. The van der Waals surface area contributed by atoms with Crippen molar-refractivity contribution in [2.45, 2.75) is 37.8 Å². The maximum absolute atomic E-state index is 10.7. The summed E-state index contributed by atoms with van der Waals surface area (Å²) in [5, 5.41) is 8.81. The van der Waals surface area contributed by atoms with Gasteiger partial charge in [-0.15, -0.1) is 0 Å². The Bertz CT molecular complexity index is 446. The smallest absolute Gasteiger partial charge is 0.305 e. The van der Waals surface area contributed by atoms with Crippen LogP contribution in [-0.2, 0) is 4.79 Å². The third-order valence-electron chi connectivity index (χ3n) is 3.11. The van der Waals surface area contributed by atoms with Crippen molar-refractivity contribution in [3.05, 3.63) is 28.2 Å². The summed E-state index contributed by atoms with van der Waals surface area (Å²) in [6.45, 7) is 0. The standard InChI is InChI=1S/C13H16BrNO3/c14-8-4-5-12(18-9-2-1-3-9)10(6-8)11(15)7-13(16)17/h4-6,9,11H,1-3,7,15H2,(H,16,17). The van der Waals surface area contributed by atoms with Crippen molar-refractivity contribution in [3.8, 4) is 5.75 Å². The van der Waals surface area contributed by atoms with E-state index in [2.05, 4.69) is 15.9 Å². The largest absolute Gasteiger partial charge is 0.490 e. The van der Waals surface area contributed by atoms with Gasteiger partial charge in [0.05, 0.1) is 12.5 Å². The van der Waals surface area contributed by atoms with Crippen LogP contribution in [0.25, 0.3) is 0 Å². The molecule has 1 saturated carbocycles. The summed E-state index contributed by atoms with van der Waals surface area (Å²) in [5.41, 5.74) is 6.67. The van der Waals surface area contributed by atoms with Crippen molar-refractivity contribution in [2.24, 2.45) is 5.73 Å². The van der Waals surface area contributed by atoms with Crippen LogP contribution in [-0.4, -0.2) is 17.2 Å². The van der Waals surface area contributed by atoms with Gasteiger partial charge in [0.1, 0.15) is 5.75 Å². The number of halogens is 1. The highest BCUT2D eigenvalue weighted by Crippen LogP contribution is 2.33. The van der Waals surface area contributed by atoms with Crippen LogP contribution in [0.1, 0.15) is 37.3 Å². The maximum atomic E-state index is 10.7. The van der Waals surface area contributed by atoms with Crippen molar-refractivity contribution < 1.29 is 14.6 Å². The van der Waals surface area contributed by atoms with E-state index in [0.717, 1.165) is 22.9 Å². The van der Waals surface area contributed by atoms with E-state index < -0.39 is 12.0 Å². The monoisotopic (exact) mass is 313 g/mol. The van der Waals surface area contributed by atoms with Gasteiger partial charge in [0.2, 0.25) is 0 Å². The molecule has 0 amide bonds. The number of aliphatic carboxylic acids is 1. The first-order valence-corrected chi connectivity index (χ1v) is 6.79. The number of nitrogens with two attached hydrogens (primary N) is 1. The van der Waals surface area contributed by atoms with Gasteiger partial charge in [0, 0.05) is 16.1 Å². The summed E-state index contributed by atoms with van der Waals surface area (Å²) in [7, 11) is 0. The molecule has 0 heterocycles. The Balaban J connectivity index is 2.18. The number of hydrogen-bond donors (Lipinski definition) is 2. The first kappa shape index (κ1) is 13.4. The number of ether oxygens (including phenoxy) is 1. The lowest BCUT2D eigenvalue weighted by Gasteiger charge is -2.28. The molecule has 2 rings (SSSR count). The van der Waals surface area contributed by atoms with Gasteiger partial charge < -0.3 is 15.6 Å². The lowest BCUT2D eigenvalue weighted by Crippen LogP contribution is -2.26. The zero-order valence-electron chi connectivity index (χ0n) is 9.93. The molecule has 0 aliphatic heterocycles. The van der Waals surface area contributed by atoms with E-state index in [1.165, 1.54) is 6.42 Å². The molecule has 0 bridgehead atoms. The third kappa shape index (κ3) is 3.23. The molecule has 1 aliphatic rings. The van der Waals surface area contributed by atoms with Crippen molar-refractivity contribution in [1.29, 1.82) is 0 Å². The van der Waals surface area contributed by atoms with E-state index in [9.17, 15) is 4.79 Å². The van der Waals surface area contributed by atoms with Crippen LogP contribution < -0.4 is 10.5 Å². The minimum atomic E-state index is -0.905. The van der Waals surface area contributed by atoms with Crippen molar-refractivity contribution >= 4 is 21.9 Å². The molecule has 1 aliphatic carbocycles. The number of benzene rings is 1. The lowest BCUT2D eigenvalue weighted by atomic mass is 9.95. The number of carboxylic acids is 1. The van der Waals surface area contributed by atoms with Gasteiger partial charge in [0.25, 0.3) is 0 Å². The fourth-order valence-corrected chi connectivity index (χ4v) is 2.26. The predicted octanol–water partition coefficient (Wildman–Crippen LogP) is 2.85. The highest BCUT2D eigenvalue weighted by molar-refractivity contribution is 9.10. The quantitative estimate of drug-likeness (QED) is 0.876. The summed E-state index contributed by atoms with van der Waals surface area (Å²) in [5.74, 6) is -0.200. The second kappa shape index (κ2) is 5.71. The van der Waals surface area contributed by atoms with E-state index in [1.54, 1.807) is 0 Å². The van der Waals surface area contributed by atoms with Crippen molar-refractivity contribution in [1.82, 2.24) is 0 Å². The minimum absolute atomic E-state index is 0.0997. The summed E-state index contributed by atoms with van der Waals surface area (Å²) in [6.07, 6.45) is 3.46. The first-order valence-electron chi connectivity index (χ1n) is 5.99. The van der Waals surface area contributed by atoms with Crippen LogP contribution in [0, 0.1) is 0 Å². The Labute approximate surface area is 114 Å². The Morgan fingerprint density at radius 1 is 1.56 bits per heavy atom. The normalized spacial score (nSPS) is 17.0. The molecule has 1 aromatic rings. The van der Waals surface area contributed by atoms with Gasteiger partial charge >= 0.3 is 5.97 Å². The average Bonchev–Trinajstić information content (AvgIpc) is 2.23. The summed E-state index contributed by atoms with van der Waals surface area (Å²) in [4.78, 5) is 10.7. The number of hydrogen-bond acceptors (Lipinski definition) is 3. The molecule has 18 heavy (non-hydrogen) atoms. The molecule has 5 heteroatoms. The van der Waals surface area contributed by atoms with Crippen LogP contribution in [0.4, 0.5) is 0 Å². The van der Waals surface area contributed by atoms with Crippen LogP contribution in [0.3, 0.4) is 0 Å². The topological polar surface area (TPSA) is 72.6 Å². The lowest BCUT2D eigenvalue weighted by molar-refractivity contribution is -0.137. The molecule has 1 aromatic carbocycles. The van der Waals surface area contributed by atoms with Gasteiger partial charge in [-0.25, -0.2) is 0 Å². The summed E-state index contributed by atoms with van der Waals surface area (Å²) < 4.78 is 6.72. The van der Waals surface area contributed by atoms with Gasteiger partial charge in [-0.2, -0.15) is 0 Å². The predicted molar refractivity (Wildman–Crippen MR) is 71.6 cm³/mol. The molecule has 3 N–H and O–H groups in total. The number of rotatable bonds is 5. The molecule has 0 spiro atoms. The van der Waals surface area contributed by atoms with Gasteiger partial charge in [0.15, 0.2) is 0 Å². The highest BCUT2D eigenvalue weighted by Gasteiger charge is 2.22. The molecule has 4 nitrogen and oxygen atoms in total. The van der Waals surface area contributed by atoms with Gasteiger partial charge in [-0.05, 0) is 37.5 Å². The second-order valence-corrected chi connectivity index (χ2v) is 5.47. The second-order valence-electron chi connectivity index (χ2n) is 4.56. The minimum Gasteiger partial charge on any atom is -0.490 e. The zero-order chi connectivity index (χ0) is 13.1. The highest BCUT2D eigenvalue weighted by atomic mass is 79.9. The first-order chi connectivity index (χ1) is 8.56. The molecule has 0 saturated heterocycles. The van der Waals surface area contributed by atoms with Crippen molar-refractivity contribution in [3.63, 3.8) is 0 Å². The van der Waals surface area contributed by atoms with E-state index in [1.807, 2.05) is 18.2 Å². The Kier molecular flexibility index (Phi) is 4.24. The molecular formula is C13H16BrNO3. The molecule has 0 radical (unpaired) electrons. The average molecular weight is 314 g/mol. The Morgan fingerprint density at radius 3 is 2.83 bits per heavy atom. The molecule has 0 aromatic heterocycles. The van der Waals surface area contributed by atoms with E-state index in [4.69, 9.17) is 15.6 Å². The zero-order valence-corrected chi connectivity index (χ0v) is 11.5. The fraction of sp³-hybridized carbons (Fsp3) is 0.462. The molecule has 1 unspecified atom stereocenters. The van der Waals surface area contributed by atoms with Gasteiger partial charge in [-0.1, -0.05) is 15.9 Å². The summed E-state index contributed by atoms with van der Waals surface area (Å²) >= 11 is 3.37. The van der Waals surface area contributed by atoms with E-state index >= 15 is 0 Å². The summed E-state index contributed by atoms with van der Waals surface area (Å²) in [6, 6.07) is 5.02. The number of carboxylic acid groups (broad SMARTS) is 1. The Hall–Kier alpha value is -1.07. The van der Waals surface area contributed by atoms with Crippen LogP contribution in [0.5, 0.6) is 5.75 Å². The van der Waals surface area contributed by atoms with Crippen molar-refractivity contribution in [2.75, 3.05) is 0 Å². The fourth-order valence-electron chi connectivity index (χ4n) is 1.88. The maximum Gasteiger partial charge on any atom is 0.305 e. The van der Waals surface area contributed by atoms with Crippen LogP contribution >= 0.6 is 15.9 Å². The number of carbonyl (C=O) groups is 1. The van der Waals surface area contributed by atoms with Gasteiger partial charge in [-0.3, -0.25) is 4.79 Å². The van der Waals surface area contributed by atoms with Crippen LogP contribution in [0.2, 0.25) is 0 Å².